The highest BCUT2D eigenvalue weighted by Crippen LogP contribution is 2.30. The minimum Gasteiger partial charge on any atom is -0.497 e. The maximum Gasteiger partial charge on any atom is 0.307 e. The minimum atomic E-state index is -3.97. The van der Waals surface area contributed by atoms with Crippen LogP contribution in [0.3, 0.4) is 0 Å². The molecule has 0 bridgehead atoms. The molecule has 0 aliphatic rings. The van der Waals surface area contributed by atoms with Crippen molar-refractivity contribution >= 4 is 15.8 Å². The van der Waals surface area contributed by atoms with Crippen molar-refractivity contribution in [2.24, 2.45) is 0 Å². The number of carbonyl (C=O) groups is 1. The molecule has 0 heterocycles. The van der Waals surface area contributed by atoms with Gasteiger partial charge in [0.2, 0.25) is 9.84 Å². The van der Waals surface area contributed by atoms with Crippen molar-refractivity contribution < 1.29 is 27.4 Å². The zero-order valence-corrected chi connectivity index (χ0v) is 15.7. The number of ether oxygens (including phenoxy) is 1. The maximum absolute atomic E-state index is 14.1. The molecule has 7 heteroatoms. The van der Waals surface area contributed by atoms with E-state index in [1.807, 2.05) is 0 Å². The minimum absolute atomic E-state index is 0.0252. The molecule has 0 aromatic heterocycles. The maximum atomic E-state index is 14.1. The molecule has 0 aliphatic heterocycles. The number of hydrogen-bond acceptors (Lipinski definition) is 4. The molecule has 0 spiro atoms. The lowest BCUT2D eigenvalue weighted by molar-refractivity contribution is -0.136. The van der Waals surface area contributed by atoms with Gasteiger partial charge in [-0.15, -0.1) is 0 Å². The molecule has 5 nitrogen and oxygen atoms in total. The Kier molecular flexibility index (Phi) is 5.46. The largest absolute Gasteiger partial charge is 0.497 e. The summed E-state index contributed by atoms with van der Waals surface area (Å²) in [6.07, 6.45) is -0.338. The number of carboxylic acids is 1. The summed E-state index contributed by atoms with van der Waals surface area (Å²) in [4.78, 5) is 10.9. The van der Waals surface area contributed by atoms with Crippen LogP contribution in [0.25, 0.3) is 11.1 Å². The van der Waals surface area contributed by atoms with Gasteiger partial charge in [0, 0.05) is 5.56 Å². The second kappa shape index (κ2) is 7.82. The van der Waals surface area contributed by atoms with E-state index in [1.54, 1.807) is 24.3 Å². The zero-order valence-electron chi connectivity index (χ0n) is 14.9. The predicted molar refractivity (Wildman–Crippen MR) is 102 cm³/mol. The van der Waals surface area contributed by atoms with Gasteiger partial charge in [0.05, 0.1) is 23.3 Å². The van der Waals surface area contributed by atoms with Crippen LogP contribution in [0.1, 0.15) is 5.56 Å². The molecule has 3 rings (SSSR count). The number of carboxylic acid groups (broad SMARTS) is 1. The Hall–Kier alpha value is -3.19. The summed E-state index contributed by atoms with van der Waals surface area (Å²) in [6, 6.07) is 16.2. The summed E-state index contributed by atoms with van der Waals surface area (Å²) >= 11 is 0. The van der Waals surface area contributed by atoms with Crippen molar-refractivity contribution in [2.75, 3.05) is 7.11 Å². The molecule has 3 aromatic carbocycles. The molecule has 0 unspecified atom stereocenters. The summed E-state index contributed by atoms with van der Waals surface area (Å²) in [6.45, 7) is 0. The van der Waals surface area contributed by atoms with Gasteiger partial charge in [-0.3, -0.25) is 4.79 Å². The van der Waals surface area contributed by atoms with Crippen molar-refractivity contribution in [1.82, 2.24) is 0 Å². The summed E-state index contributed by atoms with van der Waals surface area (Å²) in [7, 11) is -2.60. The van der Waals surface area contributed by atoms with Crippen LogP contribution in [0.4, 0.5) is 4.39 Å². The van der Waals surface area contributed by atoms with Crippen LogP contribution in [0, 0.1) is 5.82 Å². The van der Waals surface area contributed by atoms with Gasteiger partial charge in [-0.1, -0.05) is 30.3 Å². The van der Waals surface area contributed by atoms with Crippen LogP contribution in [0.2, 0.25) is 0 Å². The highest BCUT2D eigenvalue weighted by atomic mass is 32.2. The Morgan fingerprint density at radius 2 is 1.75 bits per heavy atom. The van der Waals surface area contributed by atoms with E-state index in [-0.39, 0.29) is 27.5 Å². The fourth-order valence-corrected chi connectivity index (χ4v) is 4.23. The topological polar surface area (TPSA) is 80.7 Å². The standard InChI is InChI=1S/C21H17FO5S/c1-27-16-9-14(11-21(23)24)10-18(13-16)28(25,26)17-6-4-5-15(12-17)19-7-2-3-8-20(19)22/h2-10,12-13H,11H2,1H3,(H,23,24). The van der Waals surface area contributed by atoms with Crippen LogP contribution >= 0.6 is 0 Å². The number of methoxy groups -OCH3 is 1. The van der Waals surface area contributed by atoms with E-state index in [1.165, 1.54) is 49.6 Å². The first-order valence-electron chi connectivity index (χ1n) is 8.31. The first-order valence-corrected chi connectivity index (χ1v) is 9.79. The molecule has 3 aromatic rings. The predicted octanol–water partition coefficient (Wildman–Crippen LogP) is 3.96. The van der Waals surface area contributed by atoms with Gasteiger partial charge in [0.1, 0.15) is 11.6 Å². The lowest BCUT2D eigenvalue weighted by Crippen LogP contribution is -2.06. The summed E-state index contributed by atoms with van der Waals surface area (Å²) in [5, 5.41) is 9.00. The van der Waals surface area contributed by atoms with Gasteiger partial charge in [-0.05, 0) is 47.5 Å². The van der Waals surface area contributed by atoms with Crippen LogP contribution < -0.4 is 4.74 Å². The Labute approximate surface area is 162 Å². The molecule has 0 saturated heterocycles. The highest BCUT2D eigenvalue weighted by molar-refractivity contribution is 7.91. The number of hydrogen-bond donors (Lipinski definition) is 1. The quantitative estimate of drug-likeness (QED) is 0.677. The SMILES string of the molecule is COc1cc(CC(=O)O)cc(S(=O)(=O)c2cccc(-c3ccccc3F)c2)c1. The Balaban J connectivity index is 2.10. The molecular weight excluding hydrogens is 383 g/mol. The monoisotopic (exact) mass is 400 g/mol. The molecule has 144 valence electrons. The third-order valence-electron chi connectivity index (χ3n) is 4.17. The third kappa shape index (κ3) is 4.04. The number of halogens is 1. The first-order chi connectivity index (χ1) is 13.3. The van der Waals surface area contributed by atoms with E-state index in [0.29, 0.717) is 11.1 Å². The van der Waals surface area contributed by atoms with Crippen LogP contribution in [-0.4, -0.2) is 26.6 Å². The molecule has 28 heavy (non-hydrogen) atoms. The lowest BCUT2D eigenvalue weighted by Gasteiger charge is -2.11. The number of benzene rings is 3. The van der Waals surface area contributed by atoms with Gasteiger partial charge < -0.3 is 9.84 Å². The Morgan fingerprint density at radius 3 is 2.43 bits per heavy atom. The fraction of sp³-hybridized carbons (Fsp3) is 0.0952. The summed E-state index contributed by atoms with van der Waals surface area (Å²) in [5.74, 6) is -1.30. The molecule has 0 radical (unpaired) electrons. The van der Waals surface area contributed by atoms with Crippen molar-refractivity contribution in [2.45, 2.75) is 16.2 Å². The van der Waals surface area contributed by atoms with Crippen LogP contribution in [-0.2, 0) is 21.1 Å². The van der Waals surface area contributed by atoms with Crippen molar-refractivity contribution in [3.05, 3.63) is 78.1 Å². The van der Waals surface area contributed by atoms with E-state index in [4.69, 9.17) is 9.84 Å². The van der Waals surface area contributed by atoms with Gasteiger partial charge in [-0.25, -0.2) is 12.8 Å². The summed E-state index contributed by atoms with van der Waals surface area (Å²) in [5.41, 5.74) is 1.01. The van der Waals surface area contributed by atoms with Crippen molar-refractivity contribution in [1.29, 1.82) is 0 Å². The van der Waals surface area contributed by atoms with Crippen LogP contribution in [0.15, 0.2) is 76.5 Å². The molecular formula is C21H17FO5S. The van der Waals surface area contributed by atoms with Crippen molar-refractivity contribution in [3.63, 3.8) is 0 Å². The van der Waals surface area contributed by atoms with Gasteiger partial charge in [0.25, 0.3) is 0 Å². The van der Waals surface area contributed by atoms with Gasteiger partial charge >= 0.3 is 5.97 Å². The molecule has 1 N–H and O–H groups in total. The Bertz CT molecular complexity index is 1140. The van der Waals surface area contributed by atoms with E-state index < -0.39 is 21.6 Å². The average Bonchev–Trinajstić information content (AvgIpc) is 2.67. The second-order valence-electron chi connectivity index (χ2n) is 6.10. The van der Waals surface area contributed by atoms with E-state index in [9.17, 15) is 17.6 Å². The summed E-state index contributed by atoms with van der Waals surface area (Å²) < 4.78 is 45.4. The normalized spacial score (nSPS) is 11.2. The molecule has 0 atom stereocenters. The number of sulfone groups is 1. The number of aliphatic carboxylic acids is 1. The molecule has 0 saturated carbocycles. The Morgan fingerprint density at radius 1 is 1.00 bits per heavy atom. The number of rotatable bonds is 6. The van der Waals surface area contributed by atoms with Crippen LogP contribution in [0.5, 0.6) is 5.75 Å². The van der Waals surface area contributed by atoms with Crippen molar-refractivity contribution in [3.8, 4) is 16.9 Å². The zero-order chi connectivity index (χ0) is 20.3. The molecule has 0 amide bonds. The molecule has 0 fully saturated rings. The van der Waals surface area contributed by atoms with E-state index >= 15 is 0 Å². The fourth-order valence-electron chi connectivity index (χ4n) is 2.84. The smallest absolute Gasteiger partial charge is 0.307 e. The molecule has 0 aliphatic carbocycles. The lowest BCUT2D eigenvalue weighted by atomic mass is 10.1. The van der Waals surface area contributed by atoms with Gasteiger partial charge in [-0.2, -0.15) is 0 Å². The highest BCUT2D eigenvalue weighted by Gasteiger charge is 2.21. The first kappa shape index (κ1) is 19.6. The second-order valence-corrected chi connectivity index (χ2v) is 8.05. The van der Waals surface area contributed by atoms with E-state index in [0.717, 1.165) is 0 Å². The average molecular weight is 400 g/mol. The third-order valence-corrected chi connectivity index (χ3v) is 5.90. The van der Waals surface area contributed by atoms with Gasteiger partial charge in [0.15, 0.2) is 0 Å². The van der Waals surface area contributed by atoms with E-state index in [2.05, 4.69) is 0 Å².